The third kappa shape index (κ3) is 4.36. The zero-order valence-electron chi connectivity index (χ0n) is 13.5. The second kappa shape index (κ2) is 8.39. The van der Waals surface area contributed by atoms with Gasteiger partial charge in [0, 0.05) is 18.2 Å². The Morgan fingerprint density at radius 2 is 2.09 bits per heavy atom. The number of fused-ring (bicyclic) bond motifs is 1. The molecule has 23 heavy (non-hydrogen) atoms. The lowest BCUT2D eigenvalue weighted by Crippen LogP contribution is -2.26. The molecule has 2 aromatic rings. The van der Waals surface area contributed by atoms with E-state index in [1.54, 1.807) is 24.4 Å². The van der Waals surface area contributed by atoms with Gasteiger partial charge in [0.2, 0.25) is 0 Å². The van der Waals surface area contributed by atoms with Crippen LogP contribution in [-0.2, 0) is 19.1 Å². The number of rotatable bonds is 8. The number of ketones is 1. The van der Waals surface area contributed by atoms with E-state index in [4.69, 9.17) is 9.47 Å². The lowest BCUT2D eigenvalue weighted by molar-refractivity contribution is -0.146. The summed E-state index contributed by atoms with van der Waals surface area (Å²) in [4.78, 5) is 28.7. The molecule has 1 atom stereocenters. The number of pyridine rings is 1. The van der Waals surface area contributed by atoms with E-state index in [1.165, 1.54) is 7.11 Å². The number of unbranched alkanes of at least 4 members (excludes halogenated alkanes) is 1. The number of esters is 1. The fraction of sp³-hybridized carbons (Fsp3) is 0.389. The average Bonchev–Trinajstić information content (AvgIpc) is 2.58. The van der Waals surface area contributed by atoms with Crippen molar-refractivity contribution in [3.63, 3.8) is 0 Å². The minimum Gasteiger partial charge on any atom is -0.468 e. The third-order valence-electron chi connectivity index (χ3n) is 3.61. The van der Waals surface area contributed by atoms with Crippen molar-refractivity contribution < 1.29 is 19.1 Å². The number of hydrogen-bond acceptors (Lipinski definition) is 5. The Morgan fingerprint density at radius 3 is 2.83 bits per heavy atom. The van der Waals surface area contributed by atoms with Crippen molar-refractivity contribution in [2.45, 2.75) is 25.7 Å². The monoisotopic (exact) mass is 315 g/mol. The molecular weight excluding hydrogens is 294 g/mol. The molecule has 5 nitrogen and oxygen atoms in total. The highest BCUT2D eigenvalue weighted by molar-refractivity contribution is 6.05. The van der Waals surface area contributed by atoms with Gasteiger partial charge >= 0.3 is 5.97 Å². The van der Waals surface area contributed by atoms with E-state index < -0.39 is 11.9 Å². The SMILES string of the molecule is CCCCOCC(=O)C(C(=O)OC)c1ccc2ncccc2c1. The number of carbonyl (C=O) groups is 2. The van der Waals surface area contributed by atoms with Crippen LogP contribution in [0.4, 0.5) is 0 Å². The summed E-state index contributed by atoms with van der Waals surface area (Å²) >= 11 is 0. The van der Waals surface area contributed by atoms with Gasteiger partial charge in [0.05, 0.1) is 12.6 Å². The first-order chi connectivity index (χ1) is 11.2. The molecule has 1 aromatic heterocycles. The van der Waals surface area contributed by atoms with Crippen molar-refractivity contribution in [2.24, 2.45) is 0 Å². The fourth-order valence-electron chi connectivity index (χ4n) is 2.35. The Labute approximate surface area is 135 Å². The largest absolute Gasteiger partial charge is 0.468 e. The molecule has 1 unspecified atom stereocenters. The maximum Gasteiger partial charge on any atom is 0.320 e. The summed E-state index contributed by atoms with van der Waals surface area (Å²) in [5.41, 5.74) is 1.41. The number of hydrogen-bond donors (Lipinski definition) is 0. The summed E-state index contributed by atoms with van der Waals surface area (Å²) in [6.45, 7) is 2.47. The van der Waals surface area contributed by atoms with Crippen molar-refractivity contribution >= 4 is 22.7 Å². The topological polar surface area (TPSA) is 65.5 Å². The van der Waals surface area contributed by atoms with Crippen LogP contribution in [0.3, 0.4) is 0 Å². The van der Waals surface area contributed by atoms with E-state index in [2.05, 4.69) is 4.98 Å². The van der Waals surface area contributed by atoms with E-state index in [0.29, 0.717) is 12.2 Å². The van der Waals surface area contributed by atoms with Gasteiger partial charge in [-0.2, -0.15) is 0 Å². The van der Waals surface area contributed by atoms with Crippen LogP contribution in [0.5, 0.6) is 0 Å². The van der Waals surface area contributed by atoms with Crippen molar-refractivity contribution in [1.82, 2.24) is 4.98 Å². The Morgan fingerprint density at radius 1 is 1.26 bits per heavy atom. The van der Waals surface area contributed by atoms with Crippen molar-refractivity contribution in [2.75, 3.05) is 20.3 Å². The molecule has 0 saturated heterocycles. The van der Waals surface area contributed by atoms with Crippen LogP contribution in [0.2, 0.25) is 0 Å². The number of ether oxygens (including phenoxy) is 2. The van der Waals surface area contributed by atoms with Crippen LogP contribution in [0.1, 0.15) is 31.2 Å². The molecule has 5 heteroatoms. The Bertz CT molecular complexity index is 684. The van der Waals surface area contributed by atoms with Crippen molar-refractivity contribution in [1.29, 1.82) is 0 Å². The van der Waals surface area contributed by atoms with Crippen molar-refractivity contribution in [3.05, 3.63) is 42.1 Å². The lowest BCUT2D eigenvalue weighted by atomic mass is 9.93. The summed E-state index contributed by atoms with van der Waals surface area (Å²) in [6.07, 6.45) is 3.58. The Balaban J connectivity index is 2.22. The molecule has 0 aliphatic rings. The Kier molecular flexibility index (Phi) is 6.23. The number of benzene rings is 1. The number of Topliss-reactive ketones (excluding diaryl/α,β-unsaturated/α-hetero) is 1. The highest BCUT2D eigenvalue weighted by atomic mass is 16.5. The summed E-state index contributed by atoms with van der Waals surface area (Å²) in [6, 6.07) is 9.04. The predicted octanol–water partition coefficient (Wildman–Crippen LogP) is 2.88. The highest BCUT2D eigenvalue weighted by Crippen LogP contribution is 2.23. The van der Waals surface area contributed by atoms with E-state index in [1.807, 2.05) is 19.1 Å². The van der Waals surface area contributed by atoms with Crippen LogP contribution in [0.15, 0.2) is 36.5 Å². The highest BCUT2D eigenvalue weighted by Gasteiger charge is 2.29. The quantitative estimate of drug-likeness (QED) is 0.426. The van der Waals surface area contributed by atoms with E-state index in [9.17, 15) is 9.59 Å². The minimum absolute atomic E-state index is 0.0924. The third-order valence-corrected chi connectivity index (χ3v) is 3.61. The molecule has 0 amide bonds. The second-order valence-corrected chi connectivity index (χ2v) is 5.28. The zero-order valence-corrected chi connectivity index (χ0v) is 13.5. The molecule has 0 fully saturated rings. The molecule has 0 N–H and O–H groups in total. The first-order valence-electron chi connectivity index (χ1n) is 7.70. The first kappa shape index (κ1) is 17.1. The molecule has 0 saturated carbocycles. The molecule has 0 spiro atoms. The molecule has 122 valence electrons. The molecule has 1 aromatic carbocycles. The molecule has 0 aliphatic carbocycles. The van der Waals surface area contributed by atoms with Gasteiger partial charge < -0.3 is 9.47 Å². The van der Waals surface area contributed by atoms with Gasteiger partial charge in [-0.1, -0.05) is 25.5 Å². The van der Waals surface area contributed by atoms with E-state index in [0.717, 1.165) is 23.7 Å². The number of nitrogens with zero attached hydrogens (tertiary/aromatic N) is 1. The van der Waals surface area contributed by atoms with Gasteiger partial charge in [-0.05, 0) is 30.2 Å². The van der Waals surface area contributed by atoms with Gasteiger partial charge in [0.25, 0.3) is 0 Å². The van der Waals surface area contributed by atoms with Gasteiger partial charge in [-0.25, -0.2) is 0 Å². The summed E-state index contributed by atoms with van der Waals surface area (Å²) in [5.74, 6) is -1.83. The summed E-state index contributed by atoms with van der Waals surface area (Å²) in [7, 11) is 1.28. The van der Waals surface area contributed by atoms with Crippen LogP contribution < -0.4 is 0 Å². The minimum atomic E-state index is -0.966. The van der Waals surface area contributed by atoms with Gasteiger partial charge in [0.15, 0.2) is 5.78 Å². The first-order valence-corrected chi connectivity index (χ1v) is 7.70. The fourth-order valence-corrected chi connectivity index (χ4v) is 2.35. The Hall–Kier alpha value is -2.27. The predicted molar refractivity (Wildman–Crippen MR) is 87.2 cm³/mol. The maximum absolute atomic E-state index is 12.4. The van der Waals surface area contributed by atoms with Crippen LogP contribution in [0, 0.1) is 0 Å². The lowest BCUT2D eigenvalue weighted by Gasteiger charge is -2.15. The number of aromatic nitrogens is 1. The second-order valence-electron chi connectivity index (χ2n) is 5.28. The molecule has 0 bridgehead atoms. The molecule has 0 aliphatic heterocycles. The van der Waals surface area contributed by atoms with Crippen molar-refractivity contribution in [3.8, 4) is 0 Å². The van der Waals surface area contributed by atoms with Gasteiger partial charge in [-0.3, -0.25) is 14.6 Å². The molecule has 0 radical (unpaired) electrons. The van der Waals surface area contributed by atoms with Crippen LogP contribution >= 0.6 is 0 Å². The normalized spacial score (nSPS) is 12.1. The van der Waals surface area contributed by atoms with Gasteiger partial charge in [0.1, 0.15) is 12.5 Å². The summed E-state index contributed by atoms with van der Waals surface area (Å²) < 4.78 is 10.1. The molecular formula is C18H21NO4. The summed E-state index contributed by atoms with van der Waals surface area (Å²) in [5, 5.41) is 0.874. The van der Waals surface area contributed by atoms with E-state index in [-0.39, 0.29) is 12.4 Å². The van der Waals surface area contributed by atoms with Crippen LogP contribution in [-0.4, -0.2) is 37.1 Å². The maximum atomic E-state index is 12.4. The standard InChI is InChI=1S/C18H21NO4/c1-3-4-10-23-12-16(20)17(18(21)22-2)14-7-8-15-13(11-14)6-5-9-19-15/h5-9,11,17H,3-4,10,12H2,1-2H3. The van der Waals surface area contributed by atoms with E-state index >= 15 is 0 Å². The van der Waals surface area contributed by atoms with Gasteiger partial charge in [-0.15, -0.1) is 0 Å². The number of methoxy groups -OCH3 is 1. The zero-order chi connectivity index (χ0) is 16.7. The molecule has 1 heterocycles. The van der Waals surface area contributed by atoms with Crippen LogP contribution in [0.25, 0.3) is 10.9 Å². The smallest absolute Gasteiger partial charge is 0.320 e. The average molecular weight is 315 g/mol. The number of carbonyl (C=O) groups excluding carboxylic acids is 2. The molecule has 2 rings (SSSR count).